The second-order valence-electron chi connectivity index (χ2n) is 4.30. The van der Waals surface area contributed by atoms with Crippen molar-refractivity contribution in [1.82, 2.24) is 14.6 Å². The van der Waals surface area contributed by atoms with Crippen molar-refractivity contribution in [3.63, 3.8) is 0 Å². The number of aromatic carboxylic acids is 1. The molecule has 3 aromatic rings. The Morgan fingerprint density at radius 1 is 1.19 bits per heavy atom. The van der Waals surface area contributed by atoms with Gasteiger partial charge in [-0.05, 0) is 12.1 Å². The summed E-state index contributed by atoms with van der Waals surface area (Å²) < 4.78 is 1.27. The van der Waals surface area contributed by atoms with E-state index in [4.69, 9.17) is 34.0 Å². The number of carbonyl (C=O) groups is 1. The van der Waals surface area contributed by atoms with Crippen LogP contribution in [0.5, 0.6) is 0 Å². The van der Waals surface area contributed by atoms with Crippen molar-refractivity contribution in [1.29, 1.82) is 0 Å². The van der Waals surface area contributed by atoms with E-state index < -0.39 is 5.97 Å². The SMILES string of the molecule is Nc1cc(-c2ccc(Cl)c(Cl)c2)nc2cc(C(=O)O)nn12. The number of nitrogen functional groups attached to an aromatic ring is 1. The van der Waals surface area contributed by atoms with E-state index in [9.17, 15) is 4.79 Å². The third-order valence-electron chi connectivity index (χ3n) is 2.89. The Balaban J connectivity index is 2.19. The summed E-state index contributed by atoms with van der Waals surface area (Å²) in [5, 5.41) is 13.6. The van der Waals surface area contributed by atoms with Gasteiger partial charge in [-0.3, -0.25) is 0 Å². The summed E-state index contributed by atoms with van der Waals surface area (Å²) >= 11 is 11.9. The van der Waals surface area contributed by atoms with E-state index in [1.807, 2.05) is 0 Å². The Hall–Kier alpha value is -2.31. The standard InChI is InChI=1S/C13H8Cl2N4O2/c14-7-2-1-6(3-8(7)15)9-4-11(16)19-12(17-9)5-10(18-19)13(20)21/h1-5H,16H2,(H,20,21). The number of carboxylic acids is 1. The number of rotatable bonds is 2. The van der Waals surface area contributed by atoms with Crippen LogP contribution in [0.1, 0.15) is 10.5 Å². The molecule has 0 atom stereocenters. The quantitative estimate of drug-likeness (QED) is 0.756. The van der Waals surface area contributed by atoms with Crippen molar-refractivity contribution < 1.29 is 9.90 Å². The molecule has 0 saturated heterocycles. The first kappa shape index (κ1) is 13.7. The number of benzene rings is 1. The van der Waals surface area contributed by atoms with Crippen LogP contribution in [0.25, 0.3) is 16.9 Å². The zero-order valence-electron chi connectivity index (χ0n) is 10.4. The highest BCUT2D eigenvalue weighted by atomic mass is 35.5. The molecule has 2 aromatic heterocycles. The van der Waals surface area contributed by atoms with Gasteiger partial charge in [-0.2, -0.15) is 9.61 Å². The highest BCUT2D eigenvalue weighted by Gasteiger charge is 2.13. The predicted molar refractivity (Wildman–Crippen MR) is 79.8 cm³/mol. The van der Waals surface area contributed by atoms with Crippen LogP contribution in [0.3, 0.4) is 0 Å². The zero-order valence-corrected chi connectivity index (χ0v) is 11.9. The molecule has 3 N–H and O–H groups in total. The summed E-state index contributed by atoms with van der Waals surface area (Å²) in [4.78, 5) is 15.3. The summed E-state index contributed by atoms with van der Waals surface area (Å²) in [6.07, 6.45) is 0. The predicted octanol–water partition coefficient (Wildman–Crippen LogP) is 2.98. The molecule has 106 valence electrons. The van der Waals surface area contributed by atoms with E-state index in [0.29, 0.717) is 21.4 Å². The van der Waals surface area contributed by atoms with Crippen molar-refractivity contribution >= 4 is 40.6 Å². The summed E-state index contributed by atoms with van der Waals surface area (Å²) in [7, 11) is 0. The monoisotopic (exact) mass is 322 g/mol. The van der Waals surface area contributed by atoms with Crippen molar-refractivity contribution in [2.24, 2.45) is 0 Å². The van der Waals surface area contributed by atoms with Gasteiger partial charge in [0.05, 0.1) is 15.7 Å². The number of aromatic nitrogens is 3. The second kappa shape index (κ2) is 4.91. The van der Waals surface area contributed by atoms with Gasteiger partial charge < -0.3 is 10.8 Å². The number of hydrogen-bond acceptors (Lipinski definition) is 4. The van der Waals surface area contributed by atoms with Crippen LogP contribution in [0.4, 0.5) is 5.82 Å². The van der Waals surface area contributed by atoms with E-state index in [0.717, 1.165) is 5.56 Å². The lowest BCUT2D eigenvalue weighted by atomic mass is 10.1. The summed E-state index contributed by atoms with van der Waals surface area (Å²) in [5.74, 6) is -0.871. The molecule has 0 amide bonds. The van der Waals surface area contributed by atoms with E-state index in [2.05, 4.69) is 10.1 Å². The molecule has 3 rings (SSSR count). The first-order valence-electron chi connectivity index (χ1n) is 5.81. The fourth-order valence-electron chi connectivity index (χ4n) is 1.91. The van der Waals surface area contributed by atoms with Gasteiger partial charge in [0, 0.05) is 17.7 Å². The molecule has 0 unspecified atom stereocenters. The van der Waals surface area contributed by atoms with Gasteiger partial charge >= 0.3 is 5.97 Å². The lowest BCUT2D eigenvalue weighted by Crippen LogP contribution is -2.02. The molecule has 0 bridgehead atoms. The molecule has 0 aliphatic heterocycles. The molecule has 0 aliphatic carbocycles. The van der Waals surface area contributed by atoms with Crippen LogP contribution in [0.2, 0.25) is 10.0 Å². The minimum atomic E-state index is -1.14. The van der Waals surface area contributed by atoms with E-state index >= 15 is 0 Å². The number of hydrogen-bond donors (Lipinski definition) is 2. The molecular formula is C13H8Cl2N4O2. The summed E-state index contributed by atoms with van der Waals surface area (Å²) in [6.45, 7) is 0. The highest BCUT2D eigenvalue weighted by molar-refractivity contribution is 6.42. The maximum absolute atomic E-state index is 10.9. The first-order chi connectivity index (χ1) is 9.95. The van der Waals surface area contributed by atoms with E-state index in [-0.39, 0.29) is 11.5 Å². The van der Waals surface area contributed by atoms with Crippen LogP contribution >= 0.6 is 23.2 Å². The number of anilines is 1. The van der Waals surface area contributed by atoms with Gasteiger partial charge in [0.15, 0.2) is 11.3 Å². The molecule has 21 heavy (non-hydrogen) atoms. The minimum absolute atomic E-state index is 0.125. The number of nitrogens with zero attached hydrogens (tertiary/aromatic N) is 3. The van der Waals surface area contributed by atoms with Gasteiger partial charge in [-0.25, -0.2) is 9.78 Å². The lowest BCUT2D eigenvalue weighted by molar-refractivity contribution is 0.0690. The maximum atomic E-state index is 10.9. The Morgan fingerprint density at radius 3 is 2.62 bits per heavy atom. The molecular weight excluding hydrogens is 315 g/mol. The smallest absolute Gasteiger partial charge is 0.356 e. The normalized spacial score (nSPS) is 11.0. The van der Waals surface area contributed by atoms with Crippen molar-refractivity contribution in [3.8, 4) is 11.3 Å². The molecule has 0 radical (unpaired) electrons. The number of halogens is 2. The fraction of sp³-hybridized carbons (Fsp3) is 0. The second-order valence-corrected chi connectivity index (χ2v) is 5.11. The Labute approximate surface area is 128 Å². The molecule has 2 heterocycles. The maximum Gasteiger partial charge on any atom is 0.356 e. The average molecular weight is 323 g/mol. The lowest BCUT2D eigenvalue weighted by Gasteiger charge is -2.05. The summed E-state index contributed by atoms with van der Waals surface area (Å²) in [5.41, 5.74) is 7.37. The fourth-order valence-corrected chi connectivity index (χ4v) is 2.20. The van der Waals surface area contributed by atoms with Gasteiger partial charge in [0.25, 0.3) is 0 Å². The van der Waals surface area contributed by atoms with Crippen molar-refractivity contribution in [2.75, 3.05) is 5.73 Å². The summed E-state index contributed by atoms with van der Waals surface area (Å²) in [6, 6.07) is 8.00. The van der Waals surface area contributed by atoms with Gasteiger partial charge in [-0.1, -0.05) is 29.3 Å². The van der Waals surface area contributed by atoms with Crippen LogP contribution in [-0.2, 0) is 0 Å². The van der Waals surface area contributed by atoms with E-state index in [1.54, 1.807) is 24.3 Å². The number of carboxylic acid groups (broad SMARTS) is 1. The van der Waals surface area contributed by atoms with Crippen LogP contribution in [-0.4, -0.2) is 25.7 Å². The molecule has 6 nitrogen and oxygen atoms in total. The Kier molecular flexibility index (Phi) is 3.19. The van der Waals surface area contributed by atoms with E-state index in [1.165, 1.54) is 10.6 Å². The molecule has 0 fully saturated rings. The van der Waals surface area contributed by atoms with Gasteiger partial charge in [0.1, 0.15) is 5.82 Å². The zero-order chi connectivity index (χ0) is 15.1. The Morgan fingerprint density at radius 2 is 1.95 bits per heavy atom. The van der Waals surface area contributed by atoms with Gasteiger partial charge in [0.2, 0.25) is 0 Å². The third-order valence-corrected chi connectivity index (χ3v) is 3.63. The first-order valence-corrected chi connectivity index (χ1v) is 6.56. The minimum Gasteiger partial charge on any atom is -0.476 e. The highest BCUT2D eigenvalue weighted by Crippen LogP contribution is 2.28. The Bertz CT molecular complexity index is 876. The third kappa shape index (κ3) is 2.39. The van der Waals surface area contributed by atoms with Gasteiger partial charge in [-0.15, -0.1) is 0 Å². The molecule has 0 spiro atoms. The largest absolute Gasteiger partial charge is 0.476 e. The van der Waals surface area contributed by atoms with Crippen LogP contribution in [0.15, 0.2) is 30.3 Å². The number of nitrogens with two attached hydrogens (primary N) is 1. The van der Waals surface area contributed by atoms with Crippen LogP contribution < -0.4 is 5.73 Å². The molecule has 1 aromatic carbocycles. The van der Waals surface area contributed by atoms with Crippen molar-refractivity contribution in [2.45, 2.75) is 0 Å². The van der Waals surface area contributed by atoms with Crippen molar-refractivity contribution in [3.05, 3.63) is 46.1 Å². The average Bonchev–Trinajstić information content (AvgIpc) is 2.86. The molecule has 0 aliphatic rings. The number of fused-ring (bicyclic) bond motifs is 1. The molecule has 8 heteroatoms. The molecule has 0 saturated carbocycles. The topological polar surface area (TPSA) is 93.5 Å². The van der Waals surface area contributed by atoms with Crippen LogP contribution in [0, 0.1) is 0 Å².